The topological polar surface area (TPSA) is 49.4 Å². The lowest BCUT2D eigenvalue weighted by Gasteiger charge is -2.31. The Bertz CT molecular complexity index is 1080. The predicted molar refractivity (Wildman–Crippen MR) is 119 cm³/mol. The third-order valence-corrected chi connectivity index (χ3v) is 5.61. The third kappa shape index (κ3) is 4.82. The normalized spacial score (nSPS) is 15.7. The molecule has 158 valence electrons. The lowest BCUT2D eigenvalue weighted by atomic mass is 9.94. The van der Waals surface area contributed by atoms with E-state index >= 15 is 0 Å². The number of hydrogen-bond donors (Lipinski definition) is 1. The Hall–Kier alpha value is -3.47. The summed E-state index contributed by atoms with van der Waals surface area (Å²) in [4.78, 5) is 27.5. The molecule has 1 N–H and O–H groups in total. The fraction of sp³-hybridized carbons (Fsp3) is 0.231. The van der Waals surface area contributed by atoms with E-state index in [-0.39, 0.29) is 24.2 Å². The molecular formula is C26H25FN2O2. The Morgan fingerprint density at radius 1 is 1.06 bits per heavy atom. The van der Waals surface area contributed by atoms with Gasteiger partial charge in [0.1, 0.15) is 12.4 Å². The van der Waals surface area contributed by atoms with Gasteiger partial charge in [-0.05, 0) is 49.1 Å². The van der Waals surface area contributed by atoms with Gasteiger partial charge >= 0.3 is 0 Å². The summed E-state index contributed by atoms with van der Waals surface area (Å²) < 4.78 is 13.6. The number of fused-ring (bicyclic) bond motifs is 1. The highest BCUT2D eigenvalue weighted by atomic mass is 19.1. The fourth-order valence-electron chi connectivity index (χ4n) is 4.09. The van der Waals surface area contributed by atoms with E-state index in [4.69, 9.17) is 0 Å². The third-order valence-electron chi connectivity index (χ3n) is 5.61. The number of amides is 2. The van der Waals surface area contributed by atoms with Crippen molar-refractivity contribution in [1.29, 1.82) is 0 Å². The van der Waals surface area contributed by atoms with Gasteiger partial charge in [0.25, 0.3) is 0 Å². The molecule has 2 amide bonds. The number of anilines is 1. The molecule has 0 radical (unpaired) electrons. The van der Waals surface area contributed by atoms with Gasteiger partial charge in [0.15, 0.2) is 0 Å². The Kier molecular flexibility index (Phi) is 6.12. The van der Waals surface area contributed by atoms with Crippen LogP contribution in [0.4, 0.5) is 10.1 Å². The zero-order valence-electron chi connectivity index (χ0n) is 17.5. The van der Waals surface area contributed by atoms with Gasteiger partial charge in [-0.15, -0.1) is 0 Å². The Morgan fingerprint density at radius 2 is 1.81 bits per heavy atom. The van der Waals surface area contributed by atoms with E-state index in [2.05, 4.69) is 5.32 Å². The van der Waals surface area contributed by atoms with E-state index in [1.54, 1.807) is 17.0 Å². The first-order valence-electron chi connectivity index (χ1n) is 10.5. The second-order valence-corrected chi connectivity index (χ2v) is 7.95. The van der Waals surface area contributed by atoms with E-state index in [1.807, 2.05) is 55.5 Å². The van der Waals surface area contributed by atoms with E-state index < -0.39 is 6.04 Å². The number of benzene rings is 3. The molecule has 4 rings (SSSR count). The SMILES string of the molecule is Cc1ccc2c(c1)C(c1ccc(F)cc1)N(C(=O)CCCc1ccccc1)CC(=O)N2. The molecule has 1 aliphatic heterocycles. The summed E-state index contributed by atoms with van der Waals surface area (Å²) in [6, 6.07) is 21.5. The van der Waals surface area contributed by atoms with Crippen molar-refractivity contribution in [2.24, 2.45) is 0 Å². The lowest BCUT2D eigenvalue weighted by molar-refractivity contribution is -0.136. The van der Waals surface area contributed by atoms with Gasteiger partial charge in [0.05, 0.1) is 6.04 Å². The van der Waals surface area contributed by atoms with Crippen LogP contribution in [-0.4, -0.2) is 23.3 Å². The molecule has 3 aromatic carbocycles. The Balaban J connectivity index is 1.65. The summed E-state index contributed by atoms with van der Waals surface area (Å²) in [5.74, 6) is -0.655. The van der Waals surface area contributed by atoms with E-state index in [0.29, 0.717) is 18.5 Å². The van der Waals surface area contributed by atoms with E-state index in [0.717, 1.165) is 23.1 Å². The molecule has 3 aromatic rings. The highest BCUT2D eigenvalue weighted by Crippen LogP contribution is 2.36. The van der Waals surface area contributed by atoms with Gasteiger partial charge in [-0.1, -0.05) is 60.2 Å². The molecule has 0 aliphatic carbocycles. The highest BCUT2D eigenvalue weighted by molar-refractivity contribution is 5.97. The van der Waals surface area contributed by atoms with Crippen LogP contribution < -0.4 is 5.32 Å². The number of halogens is 1. The molecule has 1 atom stereocenters. The second-order valence-electron chi connectivity index (χ2n) is 7.95. The average Bonchev–Trinajstić information content (AvgIpc) is 2.91. The van der Waals surface area contributed by atoms with Gasteiger partial charge in [0.2, 0.25) is 11.8 Å². The summed E-state index contributed by atoms with van der Waals surface area (Å²) in [7, 11) is 0. The number of carbonyl (C=O) groups is 2. The molecule has 0 aromatic heterocycles. The van der Waals surface area contributed by atoms with E-state index in [9.17, 15) is 14.0 Å². The van der Waals surface area contributed by atoms with Gasteiger partial charge in [0, 0.05) is 17.7 Å². The van der Waals surface area contributed by atoms with Crippen LogP contribution in [0.3, 0.4) is 0 Å². The van der Waals surface area contributed by atoms with Crippen molar-refractivity contribution in [2.75, 3.05) is 11.9 Å². The zero-order valence-corrected chi connectivity index (χ0v) is 17.5. The van der Waals surface area contributed by atoms with Crippen molar-refractivity contribution in [3.8, 4) is 0 Å². The first-order chi connectivity index (χ1) is 15.0. The molecule has 0 saturated carbocycles. The molecule has 1 heterocycles. The number of carbonyl (C=O) groups excluding carboxylic acids is 2. The van der Waals surface area contributed by atoms with Crippen LogP contribution in [-0.2, 0) is 16.0 Å². The van der Waals surface area contributed by atoms with Crippen LogP contribution in [0, 0.1) is 12.7 Å². The molecule has 1 aliphatic rings. The van der Waals surface area contributed by atoms with Crippen LogP contribution in [0.15, 0.2) is 72.8 Å². The Labute approximate surface area is 181 Å². The smallest absolute Gasteiger partial charge is 0.244 e. The van der Waals surface area contributed by atoms with Crippen molar-refractivity contribution < 1.29 is 14.0 Å². The van der Waals surface area contributed by atoms with Crippen molar-refractivity contribution >= 4 is 17.5 Å². The number of hydrogen-bond acceptors (Lipinski definition) is 2. The molecule has 0 fully saturated rings. The van der Waals surface area contributed by atoms with Gasteiger partial charge in [-0.2, -0.15) is 0 Å². The predicted octanol–water partition coefficient (Wildman–Crippen LogP) is 5.03. The molecule has 1 unspecified atom stereocenters. The summed E-state index contributed by atoms with van der Waals surface area (Å²) >= 11 is 0. The molecule has 31 heavy (non-hydrogen) atoms. The summed E-state index contributed by atoms with van der Waals surface area (Å²) in [5, 5.41) is 2.92. The minimum atomic E-state index is -0.460. The fourth-order valence-corrected chi connectivity index (χ4v) is 4.09. The number of aryl methyl sites for hydroxylation is 2. The van der Waals surface area contributed by atoms with Crippen molar-refractivity contribution in [3.63, 3.8) is 0 Å². The summed E-state index contributed by atoms with van der Waals surface area (Å²) in [5.41, 5.74) is 4.51. The Morgan fingerprint density at radius 3 is 2.55 bits per heavy atom. The first-order valence-corrected chi connectivity index (χ1v) is 10.5. The monoisotopic (exact) mass is 416 g/mol. The number of nitrogens with one attached hydrogen (secondary N) is 1. The van der Waals surface area contributed by atoms with Crippen molar-refractivity contribution in [3.05, 3.63) is 101 Å². The lowest BCUT2D eigenvalue weighted by Crippen LogP contribution is -2.38. The quantitative estimate of drug-likeness (QED) is 0.634. The van der Waals surface area contributed by atoms with E-state index in [1.165, 1.54) is 17.7 Å². The maximum absolute atomic E-state index is 13.6. The van der Waals surface area contributed by atoms with Gasteiger partial charge in [-0.25, -0.2) is 4.39 Å². The van der Waals surface area contributed by atoms with Gasteiger partial charge in [-0.3, -0.25) is 9.59 Å². The van der Waals surface area contributed by atoms with Crippen LogP contribution in [0.1, 0.15) is 41.1 Å². The molecule has 0 spiro atoms. The number of nitrogens with zero attached hydrogens (tertiary/aromatic N) is 1. The summed E-state index contributed by atoms with van der Waals surface area (Å²) in [6.45, 7) is 1.93. The van der Waals surface area contributed by atoms with Gasteiger partial charge < -0.3 is 10.2 Å². The van der Waals surface area contributed by atoms with Crippen molar-refractivity contribution in [2.45, 2.75) is 32.2 Å². The molecule has 4 nitrogen and oxygen atoms in total. The van der Waals surface area contributed by atoms with Crippen LogP contribution in [0.25, 0.3) is 0 Å². The largest absolute Gasteiger partial charge is 0.324 e. The van der Waals surface area contributed by atoms with Crippen LogP contribution in [0.2, 0.25) is 0 Å². The maximum Gasteiger partial charge on any atom is 0.244 e. The average molecular weight is 416 g/mol. The highest BCUT2D eigenvalue weighted by Gasteiger charge is 2.33. The standard InChI is InChI=1S/C26H25FN2O2/c1-18-10-15-23-22(16-18)26(20-11-13-21(27)14-12-20)29(17-24(30)28-23)25(31)9-5-8-19-6-3-2-4-7-19/h2-4,6-7,10-16,26H,5,8-9,17H2,1H3,(H,28,30). The zero-order chi connectivity index (χ0) is 21.8. The second kappa shape index (κ2) is 9.13. The summed E-state index contributed by atoms with van der Waals surface area (Å²) in [6.07, 6.45) is 1.82. The molecular weight excluding hydrogens is 391 g/mol. The molecule has 5 heteroatoms. The first kappa shape index (κ1) is 20.8. The van der Waals surface area contributed by atoms with Crippen LogP contribution in [0.5, 0.6) is 0 Å². The number of rotatable bonds is 5. The molecule has 0 bridgehead atoms. The molecule has 0 saturated heterocycles. The maximum atomic E-state index is 13.6. The minimum absolute atomic E-state index is 0.0417. The van der Waals surface area contributed by atoms with Crippen molar-refractivity contribution in [1.82, 2.24) is 4.90 Å². The minimum Gasteiger partial charge on any atom is -0.324 e. The van der Waals surface area contributed by atoms with Crippen LogP contribution >= 0.6 is 0 Å².